The van der Waals surface area contributed by atoms with Gasteiger partial charge in [0.25, 0.3) is 0 Å². The van der Waals surface area contributed by atoms with Crippen molar-refractivity contribution >= 4 is 6.08 Å². The van der Waals surface area contributed by atoms with E-state index in [1.165, 1.54) is 29.5 Å². The molecule has 2 rings (SSSR count). The molecule has 0 aliphatic heterocycles. The predicted molar refractivity (Wildman–Crippen MR) is 58.7 cm³/mol. The molecule has 1 nitrogen and oxygen atoms in total. The predicted octanol–water partition coefficient (Wildman–Crippen LogP) is 2.61. The van der Waals surface area contributed by atoms with Gasteiger partial charge in [-0.3, -0.25) is 0 Å². The zero-order valence-corrected chi connectivity index (χ0v) is 8.01. The van der Waals surface area contributed by atoms with Crippen molar-refractivity contribution in [2.24, 2.45) is 0 Å². The first kappa shape index (κ1) is 8.52. The minimum absolute atomic E-state index is 0. The molecule has 0 radical (unpaired) electrons. The highest BCUT2D eigenvalue weighted by Crippen LogP contribution is 2.22. The normalized spacial score (nSPS) is 14.2. The maximum Gasteiger partial charge on any atom is 0.0208 e. The Morgan fingerprint density at radius 3 is 3.23 bits per heavy atom. The molecule has 0 aromatic heterocycles. The Bertz CT molecular complexity index is 331. The van der Waals surface area contributed by atoms with Gasteiger partial charge in [0.05, 0.1) is 0 Å². The van der Waals surface area contributed by atoms with Gasteiger partial charge in [0.15, 0.2) is 0 Å². The number of hydrogen-bond acceptors (Lipinski definition) is 1. The van der Waals surface area contributed by atoms with Crippen LogP contribution in [0.2, 0.25) is 0 Å². The lowest BCUT2D eigenvalue weighted by molar-refractivity contribution is 0.811. The minimum atomic E-state index is 0. The number of rotatable bonds is 2. The Labute approximate surface area is 81.0 Å². The molecule has 1 aliphatic carbocycles. The summed E-state index contributed by atoms with van der Waals surface area (Å²) in [5.74, 6) is 0. The fourth-order valence-corrected chi connectivity index (χ4v) is 1.88. The number of benzene rings is 1. The molecular weight excluding hydrogens is 158 g/mol. The molecule has 0 spiro atoms. The fraction of sp³-hybridized carbons (Fsp3) is 0.333. The molecule has 0 fully saturated rings. The molecule has 0 saturated heterocycles. The van der Waals surface area contributed by atoms with Crippen LogP contribution in [-0.2, 0) is 13.0 Å². The van der Waals surface area contributed by atoms with Crippen LogP contribution >= 0.6 is 0 Å². The molecule has 1 N–H and O–H groups in total. The van der Waals surface area contributed by atoms with Gasteiger partial charge >= 0.3 is 0 Å². The van der Waals surface area contributed by atoms with Crippen LogP contribution < -0.4 is 5.32 Å². The van der Waals surface area contributed by atoms with E-state index in [-0.39, 0.29) is 1.43 Å². The standard InChI is InChI=1S/C12H15N.H2/c1-13-9-11-7-4-6-10-5-2-3-8-12(10)11;/h3-4,6-8,13H,2,5,9H2,1H3;1H. The quantitative estimate of drug-likeness (QED) is 0.728. The number of hydrogen-bond donors (Lipinski definition) is 1. The average molecular weight is 175 g/mol. The summed E-state index contributed by atoms with van der Waals surface area (Å²) < 4.78 is 0. The van der Waals surface area contributed by atoms with Gasteiger partial charge in [0.2, 0.25) is 0 Å². The summed E-state index contributed by atoms with van der Waals surface area (Å²) in [6.07, 6.45) is 6.91. The van der Waals surface area contributed by atoms with Crippen LogP contribution in [0.1, 0.15) is 24.5 Å². The second-order valence-corrected chi connectivity index (χ2v) is 3.46. The number of fused-ring (bicyclic) bond motifs is 1. The Balaban J connectivity index is 0.000000980. The molecule has 0 atom stereocenters. The third-order valence-electron chi connectivity index (χ3n) is 2.52. The van der Waals surface area contributed by atoms with Gasteiger partial charge < -0.3 is 5.32 Å². The van der Waals surface area contributed by atoms with E-state index < -0.39 is 0 Å². The minimum Gasteiger partial charge on any atom is -0.316 e. The van der Waals surface area contributed by atoms with Crippen molar-refractivity contribution in [1.29, 1.82) is 0 Å². The summed E-state index contributed by atoms with van der Waals surface area (Å²) >= 11 is 0. The highest BCUT2D eigenvalue weighted by Gasteiger charge is 2.07. The second kappa shape index (κ2) is 3.75. The van der Waals surface area contributed by atoms with Crippen molar-refractivity contribution in [2.45, 2.75) is 19.4 Å². The highest BCUT2D eigenvalue weighted by molar-refractivity contribution is 5.60. The van der Waals surface area contributed by atoms with E-state index in [0.717, 1.165) is 6.54 Å². The molecule has 0 heterocycles. The number of allylic oxidation sites excluding steroid dienone is 1. The van der Waals surface area contributed by atoms with Gasteiger partial charge in [-0.25, -0.2) is 0 Å². The van der Waals surface area contributed by atoms with Gasteiger partial charge in [-0.15, -0.1) is 0 Å². The first-order valence-corrected chi connectivity index (χ1v) is 4.83. The van der Waals surface area contributed by atoms with Crippen molar-refractivity contribution < 1.29 is 1.43 Å². The van der Waals surface area contributed by atoms with Crippen LogP contribution in [0.5, 0.6) is 0 Å². The summed E-state index contributed by atoms with van der Waals surface area (Å²) in [6, 6.07) is 6.59. The van der Waals surface area contributed by atoms with Crippen LogP contribution in [0.25, 0.3) is 6.08 Å². The first-order valence-electron chi connectivity index (χ1n) is 4.83. The third kappa shape index (κ3) is 1.65. The molecular formula is C12H17N. The Hall–Kier alpha value is -1.08. The summed E-state index contributed by atoms with van der Waals surface area (Å²) in [5.41, 5.74) is 4.34. The molecule has 1 aliphatic rings. The van der Waals surface area contributed by atoms with Crippen LogP contribution in [0.15, 0.2) is 24.3 Å². The van der Waals surface area contributed by atoms with Gasteiger partial charge in [-0.2, -0.15) is 0 Å². The number of nitrogens with one attached hydrogen (secondary N) is 1. The summed E-state index contributed by atoms with van der Waals surface area (Å²) in [4.78, 5) is 0. The molecule has 70 valence electrons. The van der Waals surface area contributed by atoms with E-state index in [2.05, 4.69) is 35.7 Å². The van der Waals surface area contributed by atoms with Crippen LogP contribution in [0.3, 0.4) is 0 Å². The topological polar surface area (TPSA) is 12.0 Å². The van der Waals surface area contributed by atoms with Gasteiger partial charge in [-0.1, -0.05) is 30.4 Å². The molecule has 0 bridgehead atoms. The van der Waals surface area contributed by atoms with Gasteiger partial charge in [-0.05, 0) is 36.6 Å². The Morgan fingerprint density at radius 2 is 2.38 bits per heavy atom. The van der Waals surface area contributed by atoms with E-state index in [1.807, 2.05) is 7.05 Å². The van der Waals surface area contributed by atoms with Gasteiger partial charge in [0.1, 0.15) is 0 Å². The molecule has 0 amide bonds. The zero-order chi connectivity index (χ0) is 9.10. The summed E-state index contributed by atoms with van der Waals surface area (Å²) in [7, 11) is 1.99. The zero-order valence-electron chi connectivity index (χ0n) is 8.01. The second-order valence-electron chi connectivity index (χ2n) is 3.46. The lowest BCUT2D eigenvalue weighted by Crippen LogP contribution is -2.08. The summed E-state index contributed by atoms with van der Waals surface area (Å²) in [5, 5.41) is 3.20. The lowest BCUT2D eigenvalue weighted by Gasteiger charge is -2.14. The molecule has 0 unspecified atom stereocenters. The van der Waals surface area contributed by atoms with Crippen LogP contribution in [0.4, 0.5) is 0 Å². The van der Waals surface area contributed by atoms with E-state index in [0.29, 0.717) is 0 Å². The first-order chi connectivity index (χ1) is 6.42. The van der Waals surface area contributed by atoms with E-state index >= 15 is 0 Å². The fourth-order valence-electron chi connectivity index (χ4n) is 1.88. The largest absolute Gasteiger partial charge is 0.316 e. The maximum absolute atomic E-state index is 3.20. The average Bonchev–Trinajstić information content (AvgIpc) is 2.19. The monoisotopic (exact) mass is 175 g/mol. The number of aryl methyl sites for hydroxylation is 1. The van der Waals surface area contributed by atoms with E-state index in [9.17, 15) is 0 Å². The van der Waals surface area contributed by atoms with Crippen molar-refractivity contribution in [1.82, 2.24) is 5.32 Å². The molecule has 1 heteroatoms. The van der Waals surface area contributed by atoms with E-state index in [1.54, 1.807) is 0 Å². The SMILES string of the molecule is CNCc1cccc2c1C=CCC2.[HH]. The van der Waals surface area contributed by atoms with Crippen molar-refractivity contribution in [3.05, 3.63) is 41.0 Å². The van der Waals surface area contributed by atoms with Crippen LogP contribution in [0, 0.1) is 0 Å². The molecule has 13 heavy (non-hydrogen) atoms. The van der Waals surface area contributed by atoms with Crippen molar-refractivity contribution in [2.75, 3.05) is 7.05 Å². The highest BCUT2D eigenvalue weighted by atomic mass is 14.8. The third-order valence-corrected chi connectivity index (χ3v) is 2.52. The van der Waals surface area contributed by atoms with E-state index in [4.69, 9.17) is 0 Å². The molecule has 0 saturated carbocycles. The van der Waals surface area contributed by atoms with Crippen molar-refractivity contribution in [3.8, 4) is 0 Å². The lowest BCUT2D eigenvalue weighted by atomic mass is 9.93. The summed E-state index contributed by atoms with van der Waals surface area (Å²) in [6.45, 7) is 0.966. The Kier molecular flexibility index (Phi) is 2.46. The van der Waals surface area contributed by atoms with Crippen molar-refractivity contribution in [3.63, 3.8) is 0 Å². The molecule has 1 aromatic carbocycles. The smallest absolute Gasteiger partial charge is 0.0208 e. The van der Waals surface area contributed by atoms with Gasteiger partial charge in [0, 0.05) is 7.97 Å². The maximum atomic E-state index is 3.20. The van der Waals surface area contributed by atoms with Crippen LogP contribution in [-0.4, -0.2) is 7.05 Å². The Morgan fingerprint density at radius 1 is 1.46 bits per heavy atom. The molecule has 1 aromatic rings.